The molecule has 0 atom stereocenters. The largest absolute Gasteiger partial charge is 0.408 e. The molecule has 1 aliphatic rings. The van der Waals surface area contributed by atoms with Gasteiger partial charge >= 0.3 is 0 Å². The van der Waals surface area contributed by atoms with Crippen molar-refractivity contribution in [1.82, 2.24) is 25.1 Å². The summed E-state index contributed by atoms with van der Waals surface area (Å²) in [7, 11) is 0. The van der Waals surface area contributed by atoms with Gasteiger partial charge in [0.1, 0.15) is 5.69 Å². The molecule has 0 saturated heterocycles. The monoisotopic (exact) mass is 455 g/mol. The zero-order valence-electron chi connectivity index (χ0n) is 18.3. The second-order valence-corrected chi connectivity index (χ2v) is 9.03. The first kappa shape index (κ1) is 20.3. The number of rotatable bonds is 5. The number of nitrogens with zero attached hydrogens (tertiary/aromatic N) is 3. The van der Waals surface area contributed by atoms with Crippen molar-refractivity contribution in [2.24, 2.45) is 0 Å². The Morgan fingerprint density at radius 2 is 1.79 bits per heavy atom. The molecule has 0 unspecified atom stereocenters. The number of pyridine rings is 1. The van der Waals surface area contributed by atoms with Gasteiger partial charge in [-0.25, -0.2) is 9.67 Å². The highest BCUT2D eigenvalue weighted by Crippen LogP contribution is 2.34. The SMILES string of the molecule is S=c1oc(-c2cc3c([nH]c4ccccc43)c(-c3ccccc3)n2)nn1CNC1CCCCC1. The molecule has 7 heteroatoms. The summed E-state index contributed by atoms with van der Waals surface area (Å²) < 4.78 is 7.65. The minimum Gasteiger partial charge on any atom is -0.408 e. The maximum absolute atomic E-state index is 5.92. The third kappa shape index (κ3) is 3.87. The van der Waals surface area contributed by atoms with Crippen LogP contribution in [0.4, 0.5) is 0 Å². The Kier molecular flexibility index (Phi) is 5.28. The van der Waals surface area contributed by atoms with Crippen LogP contribution in [0.3, 0.4) is 0 Å². The van der Waals surface area contributed by atoms with Crippen LogP contribution in [0, 0.1) is 4.84 Å². The molecule has 3 heterocycles. The average molecular weight is 456 g/mol. The van der Waals surface area contributed by atoms with Gasteiger partial charge < -0.3 is 9.40 Å². The van der Waals surface area contributed by atoms with E-state index in [2.05, 4.69) is 45.7 Å². The number of benzene rings is 2. The Bertz CT molecular complexity index is 1480. The molecule has 0 amide bonds. The average Bonchev–Trinajstić information content (AvgIpc) is 3.43. The van der Waals surface area contributed by atoms with Crippen LogP contribution in [0.25, 0.3) is 44.6 Å². The van der Waals surface area contributed by atoms with Gasteiger partial charge in [-0.05, 0) is 37.2 Å². The third-order valence-electron chi connectivity index (χ3n) is 6.50. The first-order valence-corrected chi connectivity index (χ1v) is 12.0. The fraction of sp³-hybridized carbons (Fsp3) is 0.269. The Morgan fingerprint density at radius 1 is 1.00 bits per heavy atom. The summed E-state index contributed by atoms with van der Waals surface area (Å²) in [6, 6.07) is 21.0. The summed E-state index contributed by atoms with van der Waals surface area (Å²) in [5, 5.41) is 10.5. The molecule has 6 nitrogen and oxygen atoms in total. The van der Waals surface area contributed by atoms with Gasteiger partial charge in [-0.2, -0.15) is 0 Å². The highest BCUT2D eigenvalue weighted by molar-refractivity contribution is 7.71. The molecule has 1 fully saturated rings. The minimum absolute atomic E-state index is 0.357. The number of nitrogens with one attached hydrogen (secondary N) is 2. The van der Waals surface area contributed by atoms with Crippen molar-refractivity contribution in [1.29, 1.82) is 0 Å². The molecule has 1 saturated carbocycles. The van der Waals surface area contributed by atoms with Crippen molar-refractivity contribution in [2.45, 2.75) is 44.8 Å². The van der Waals surface area contributed by atoms with Gasteiger partial charge in [0.2, 0.25) is 0 Å². The standard InChI is InChI=1S/C26H25N5OS/c33-26-31(16-27-18-11-5-2-6-12-18)30-25(32-26)22-15-20-19-13-7-8-14-21(19)28-24(20)23(29-22)17-9-3-1-4-10-17/h1,3-4,7-10,13-15,18,27-28H,2,5-6,11-12,16H2. The van der Waals surface area contributed by atoms with Crippen LogP contribution >= 0.6 is 12.2 Å². The van der Waals surface area contributed by atoms with E-state index in [4.69, 9.17) is 21.6 Å². The number of hydrogen-bond acceptors (Lipinski definition) is 5. The van der Waals surface area contributed by atoms with E-state index >= 15 is 0 Å². The van der Waals surface area contributed by atoms with E-state index in [1.54, 1.807) is 4.68 Å². The van der Waals surface area contributed by atoms with Crippen molar-refractivity contribution < 1.29 is 4.42 Å². The lowest BCUT2D eigenvalue weighted by molar-refractivity contribution is 0.335. The quantitative estimate of drug-likeness (QED) is 0.298. The highest BCUT2D eigenvalue weighted by atomic mass is 32.1. The Hall–Kier alpha value is -3.29. The second kappa shape index (κ2) is 8.57. The first-order chi connectivity index (χ1) is 16.3. The van der Waals surface area contributed by atoms with Crippen LogP contribution in [0.5, 0.6) is 0 Å². The number of hydrogen-bond donors (Lipinski definition) is 2. The summed E-state index contributed by atoms with van der Waals surface area (Å²) in [5.74, 6) is 0.440. The first-order valence-electron chi connectivity index (χ1n) is 11.5. The summed E-state index contributed by atoms with van der Waals surface area (Å²) >= 11 is 5.48. The Labute approximate surface area is 196 Å². The normalized spacial score (nSPS) is 14.9. The van der Waals surface area contributed by atoms with Gasteiger partial charge in [-0.15, -0.1) is 5.10 Å². The van der Waals surface area contributed by atoms with Crippen LogP contribution in [0.1, 0.15) is 32.1 Å². The van der Waals surface area contributed by atoms with Crippen LogP contribution in [-0.2, 0) is 6.67 Å². The van der Waals surface area contributed by atoms with Gasteiger partial charge in [0.15, 0.2) is 0 Å². The number of aromatic nitrogens is 4. The summed E-state index contributed by atoms with van der Waals surface area (Å²) in [6.07, 6.45) is 6.31. The maximum Gasteiger partial charge on any atom is 0.288 e. The van der Waals surface area contributed by atoms with E-state index in [9.17, 15) is 0 Å². The van der Waals surface area contributed by atoms with Gasteiger partial charge in [0.05, 0.1) is 17.9 Å². The highest BCUT2D eigenvalue weighted by Gasteiger charge is 2.18. The fourth-order valence-electron chi connectivity index (χ4n) is 4.79. The van der Waals surface area contributed by atoms with Crippen molar-refractivity contribution in [3.05, 3.63) is 65.5 Å². The number of fused-ring (bicyclic) bond motifs is 3. The zero-order chi connectivity index (χ0) is 22.2. The van der Waals surface area contributed by atoms with Crippen LogP contribution in [0.15, 0.2) is 65.1 Å². The maximum atomic E-state index is 5.92. The molecular weight excluding hydrogens is 430 g/mol. The molecule has 33 heavy (non-hydrogen) atoms. The Morgan fingerprint density at radius 3 is 2.64 bits per heavy atom. The van der Waals surface area contributed by atoms with E-state index in [0.717, 1.165) is 33.1 Å². The molecule has 0 bridgehead atoms. The van der Waals surface area contributed by atoms with Gasteiger partial charge in [0.25, 0.3) is 10.7 Å². The molecule has 166 valence electrons. The number of para-hydroxylation sites is 1. The van der Waals surface area contributed by atoms with Crippen molar-refractivity contribution in [3.63, 3.8) is 0 Å². The van der Waals surface area contributed by atoms with Gasteiger partial charge in [-0.3, -0.25) is 5.32 Å². The lowest BCUT2D eigenvalue weighted by Crippen LogP contribution is -2.33. The van der Waals surface area contributed by atoms with E-state index in [-0.39, 0.29) is 0 Å². The molecule has 3 aromatic heterocycles. The van der Waals surface area contributed by atoms with E-state index in [1.807, 2.05) is 30.3 Å². The lowest BCUT2D eigenvalue weighted by atomic mass is 9.96. The molecular formula is C26H25N5OS. The van der Waals surface area contributed by atoms with Crippen LogP contribution < -0.4 is 5.32 Å². The summed E-state index contributed by atoms with van der Waals surface area (Å²) in [4.78, 5) is 8.88. The van der Waals surface area contributed by atoms with E-state index in [0.29, 0.717) is 29.1 Å². The molecule has 1 aliphatic carbocycles. The molecule has 5 aromatic rings. The zero-order valence-corrected chi connectivity index (χ0v) is 19.1. The molecule has 2 N–H and O–H groups in total. The summed E-state index contributed by atoms with van der Waals surface area (Å²) in [5.41, 5.74) is 4.66. The molecule has 2 aromatic carbocycles. The predicted octanol–water partition coefficient (Wildman–Crippen LogP) is 6.45. The van der Waals surface area contributed by atoms with Gasteiger partial charge in [0, 0.05) is 27.9 Å². The molecule has 6 rings (SSSR count). The number of H-pyrrole nitrogens is 1. The topological polar surface area (TPSA) is 71.7 Å². The molecule has 0 aliphatic heterocycles. The van der Waals surface area contributed by atoms with E-state index < -0.39 is 0 Å². The Balaban J connectivity index is 1.43. The van der Waals surface area contributed by atoms with Crippen molar-refractivity contribution in [2.75, 3.05) is 0 Å². The number of aromatic amines is 1. The van der Waals surface area contributed by atoms with Crippen LogP contribution in [0.2, 0.25) is 0 Å². The van der Waals surface area contributed by atoms with Crippen molar-refractivity contribution >= 4 is 34.0 Å². The molecule has 0 radical (unpaired) electrons. The predicted molar refractivity (Wildman–Crippen MR) is 133 cm³/mol. The van der Waals surface area contributed by atoms with Crippen molar-refractivity contribution in [3.8, 4) is 22.8 Å². The smallest absolute Gasteiger partial charge is 0.288 e. The van der Waals surface area contributed by atoms with Crippen LogP contribution in [-0.4, -0.2) is 25.8 Å². The molecule has 0 spiro atoms. The second-order valence-electron chi connectivity index (χ2n) is 8.69. The minimum atomic E-state index is 0.357. The van der Waals surface area contributed by atoms with Gasteiger partial charge in [-0.1, -0.05) is 67.8 Å². The fourth-order valence-corrected chi connectivity index (χ4v) is 4.98. The summed E-state index contributed by atoms with van der Waals surface area (Å²) in [6.45, 7) is 0.549. The van der Waals surface area contributed by atoms with E-state index in [1.165, 1.54) is 32.1 Å². The lowest BCUT2D eigenvalue weighted by Gasteiger charge is -2.22. The third-order valence-corrected chi connectivity index (χ3v) is 6.80.